The van der Waals surface area contributed by atoms with Crippen molar-refractivity contribution in [2.45, 2.75) is 19.5 Å². The molecule has 0 aliphatic carbocycles. The molecule has 2 aromatic rings. The second-order valence-corrected chi connectivity index (χ2v) is 4.50. The second kappa shape index (κ2) is 6.21. The van der Waals surface area contributed by atoms with Crippen molar-refractivity contribution < 1.29 is 14.7 Å². The molecule has 0 fully saturated rings. The van der Waals surface area contributed by atoms with Crippen LogP contribution in [0, 0.1) is 0 Å². The maximum absolute atomic E-state index is 10.8. The van der Waals surface area contributed by atoms with E-state index >= 15 is 0 Å². The van der Waals surface area contributed by atoms with E-state index in [9.17, 15) is 9.59 Å². The maximum Gasteiger partial charge on any atom is 0.305 e. The lowest BCUT2D eigenvalue weighted by Gasteiger charge is -2.09. The zero-order valence-corrected chi connectivity index (χ0v) is 11.2. The number of benzene rings is 1. The van der Waals surface area contributed by atoms with E-state index < -0.39 is 5.97 Å². The van der Waals surface area contributed by atoms with Crippen molar-refractivity contribution in [3.05, 3.63) is 30.0 Å². The Morgan fingerprint density at radius 2 is 2.20 bits per heavy atom. The van der Waals surface area contributed by atoms with Crippen LogP contribution in [0.3, 0.4) is 0 Å². The lowest BCUT2D eigenvalue weighted by atomic mass is 10.2. The molecule has 2 rings (SSSR count). The Morgan fingerprint density at radius 3 is 2.85 bits per heavy atom. The molecule has 1 aromatic carbocycles. The predicted octanol–water partition coefficient (Wildman–Crippen LogP) is 1.40. The van der Waals surface area contributed by atoms with Crippen molar-refractivity contribution in [2.75, 3.05) is 12.4 Å². The third-order valence-electron chi connectivity index (χ3n) is 3.12. The van der Waals surface area contributed by atoms with Crippen LogP contribution in [0.1, 0.15) is 12.1 Å². The molecule has 1 heterocycles. The molecule has 0 saturated heterocycles. The normalized spacial score (nSPS) is 10.7. The highest BCUT2D eigenvalue weighted by Crippen LogP contribution is 2.24. The second-order valence-electron chi connectivity index (χ2n) is 4.50. The van der Waals surface area contributed by atoms with Crippen LogP contribution >= 0.6 is 0 Å². The average molecular weight is 275 g/mol. The van der Waals surface area contributed by atoms with Gasteiger partial charge in [-0.25, -0.2) is 0 Å². The van der Waals surface area contributed by atoms with Crippen LogP contribution in [0.15, 0.2) is 24.3 Å². The van der Waals surface area contributed by atoms with Gasteiger partial charge in [0, 0.05) is 35.4 Å². The zero-order chi connectivity index (χ0) is 14.5. The van der Waals surface area contributed by atoms with E-state index in [-0.39, 0.29) is 6.42 Å². The van der Waals surface area contributed by atoms with Gasteiger partial charge in [0.15, 0.2) is 0 Å². The molecule has 0 bridgehead atoms. The third-order valence-corrected chi connectivity index (χ3v) is 3.12. The first-order valence-corrected chi connectivity index (χ1v) is 6.34. The molecule has 1 aromatic heterocycles. The van der Waals surface area contributed by atoms with E-state index in [0.29, 0.717) is 19.5 Å². The van der Waals surface area contributed by atoms with Gasteiger partial charge in [-0.15, -0.1) is 0 Å². The first-order chi connectivity index (χ1) is 9.65. The summed E-state index contributed by atoms with van der Waals surface area (Å²) in [6, 6.07) is 7.57. The summed E-state index contributed by atoms with van der Waals surface area (Å²) in [5, 5.41) is 15.5. The van der Waals surface area contributed by atoms with Crippen LogP contribution in [-0.2, 0) is 22.7 Å². The van der Waals surface area contributed by atoms with E-state index in [4.69, 9.17) is 5.11 Å². The number of amides is 1. The molecule has 1 amide bonds. The number of hydrogen-bond donors (Lipinski definition) is 3. The Bertz CT molecular complexity index is 634. The minimum atomic E-state index is -0.818. The molecular weight excluding hydrogens is 258 g/mol. The van der Waals surface area contributed by atoms with E-state index in [1.807, 2.05) is 29.8 Å². The smallest absolute Gasteiger partial charge is 0.305 e. The van der Waals surface area contributed by atoms with Crippen LogP contribution in [-0.4, -0.2) is 29.1 Å². The van der Waals surface area contributed by atoms with Crippen LogP contribution in [0.25, 0.3) is 10.9 Å². The SMILES string of the molecule is CNCc1cc2cc(NC=O)ccc2n1CCC(=O)O. The number of nitrogens with one attached hydrogen (secondary N) is 2. The highest BCUT2D eigenvalue weighted by molar-refractivity contribution is 5.87. The quantitative estimate of drug-likeness (QED) is 0.667. The van der Waals surface area contributed by atoms with Crippen molar-refractivity contribution in [1.82, 2.24) is 9.88 Å². The van der Waals surface area contributed by atoms with Crippen LogP contribution in [0.4, 0.5) is 5.69 Å². The largest absolute Gasteiger partial charge is 0.481 e. The highest BCUT2D eigenvalue weighted by Gasteiger charge is 2.10. The van der Waals surface area contributed by atoms with Gasteiger partial charge < -0.3 is 20.3 Å². The van der Waals surface area contributed by atoms with Gasteiger partial charge in [-0.2, -0.15) is 0 Å². The van der Waals surface area contributed by atoms with Gasteiger partial charge in [-0.3, -0.25) is 9.59 Å². The fraction of sp³-hybridized carbons (Fsp3) is 0.286. The number of carboxylic acid groups (broad SMARTS) is 1. The highest BCUT2D eigenvalue weighted by atomic mass is 16.4. The van der Waals surface area contributed by atoms with Crippen molar-refractivity contribution >= 4 is 29.0 Å². The first-order valence-electron chi connectivity index (χ1n) is 6.34. The Kier molecular flexibility index (Phi) is 4.37. The number of carbonyl (C=O) groups excluding carboxylic acids is 1. The molecule has 3 N–H and O–H groups in total. The molecule has 0 unspecified atom stereocenters. The van der Waals surface area contributed by atoms with Gasteiger partial charge in [0.1, 0.15) is 0 Å². The van der Waals surface area contributed by atoms with Crippen LogP contribution in [0.5, 0.6) is 0 Å². The third kappa shape index (κ3) is 2.97. The molecule has 0 saturated carbocycles. The molecule has 6 nitrogen and oxygen atoms in total. The molecule has 0 radical (unpaired) electrons. The van der Waals surface area contributed by atoms with Crippen molar-refractivity contribution in [1.29, 1.82) is 0 Å². The molecule has 0 spiro atoms. The van der Waals surface area contributed by atoms with Gasteiger partial charge in [0.25, 0.3) is 0 Å². The molecule has 0 aliphatic rings. The summed E-state index contributed by atoms with van der Waals surface area (Å²) in [6.45, 7) is 1.08. The number of aromatic nitrogens is 1. The van der Waals surface area contributed by atoms with Gasteiger partial charge in [-0.05, 0) is 31.3 Å². The summed E-state index contributed by atoms with van der Waals surface area (Å²) >= 11 is 0. The summed E-state index contributed by atoms with van der Waals surface area (Å²) in [6.07, 6.45) is 0.714. The van der Waals surface area contributed by atoms with Gasteiger partial charge >= 0.3 is 5.97 Å². The fourth-order valence-corrected chi connectivity index (χ4v) is 2.28. The average Bonchev–Trinajstić information content (AvgIpc) is 2.74. The van der Waals surface area contributed by atoms with Crippen LogP contribution in [0.2, 0.25) is 0 Å². The van der Waals surface area contributed by atoms with Gasteiger partial charge in [-0.1, -0.05) is 0 Å². The number of hydrogen-bond acceptors (Lipinski definition) is 3. The van der Waals surface area contributed by atoms with Crippen molar-refractivity contribution in [3.63, 3.8) is 0 Å². The molecule has 0 atom stereocenters. The number of rotatable bonds is 7. The topological polar surface area (TPSA) is 83.4 Å². The lowest BCUT2D eigenvalue weighted by Crippen LogP contribution is -2.13. The Balaban J connectivity index is 2.42. The maximum atomic E-state index is 10.8. The standard InChI is InChI=1S/C14H17N3O3/c1-15-8-12-7-10-6-11(16-9-18)2-3-13(10)17(12)5-4-14(19)20/h2-3,6-7,9,15H,4-5,8H2,1H3,(H,16,18)(H,19,20). The van der Waals surface area contributed by atoms with Gasteiger partial charge in [0.05, 0.1) is 6.42 Å². The monoisotopic (exact) mass is 275 g/mol. The van der Waals surface area contributed by atoms with Crippen molar-refractivity contribution in [2.24, 2.45) is 0 Å². The summed E-state index contributed by atoms with van der Waals surface area (Å²) in [4.78, 5) is 21.2. The minimum absolute atomic E-state index is 0.0782. The number of aryl methyl sites for hydroxylation is 1. The molecule has 20 heavy (non-hydrogen) atoms. The van der Waals surface area contributed by atoms with E-state index in [1.165, 1.54) is 0 Å². The summed E-state index contributed by atoms with van der Waals surface area (Å²) in [7, 11) is 1.85. The zero-order valence-electron chi connectivity index (χ0n) is 11.2. The Labute approximate surface area is 116 Å². The molecule has 6 heteroatoms. The predicted molar refractivity (Wildman–Crippen MR) is 76.6 cm³/mol. The molecule has 0 aliphatic heterocycles. The fourth-order valence-electron chi connectivity index (χ4n) is 2.28. The van der Waals surface area contributed by atoms with E-state index in [0.717, 1.165) is 22.3 Å². The summed E-state index contributed by atoms with van der Waals surface area (Å²) in [5.41, 5.74) is 2.71. The van der Waals surface area contributed by atoms with Crippen molar-refractivity contribution in [3.8, 4) is 0 Å². The minimum Gasteiger partial charge on any atom is -0.481 e. The number of carboxylic acids is 1. The number of anilines is 1. The summed E-state index contributed by atoms with van der Waals surface area (Å²) in [5.74, 6) is -0.818. The Morgan fingerprint density at radius 1 is 1.40 bits per heavy atom. The first kappa shape index (κ1) is 14.1. The molecule has 106 valence electrons. The molecular formula is C14H17N3O3. The summed E-state index contributed by atoms with van der Waals surface area (Å²) < 4.78 is 1.99. The van der Waals surface area contributed by atoms with E-state index in [1.54, 1.807) is 6.07 Å². The van der Waals surface area contributed by atoms with E-state index in [2.05, 4.69) is 10.6 Å². The Hall–Kier alpha value is -2.34. The number of fused-ring (bicyclic) bond motifs is 1. The lowest BCUT2D eigenvalue weighted by molar-refractivity contribution is -0.137. The number of carbonyl (C=O) groups is 2. The van der Waals surface area contributed by atoms with Gasteiger partial charge in [0.2, 0.25) is 6.41 Å². The number of nitrogens with zero attached hydrogens (tertiary/aromatic N) is 1. The van der Waals surface area contributed by atoms with Crippen LogP contribution < -0.4 is 10.6 Å². The number of aliphatic carboxylic acids is 1.